The number of ether oxygens (including phenoxy) is 1. The fraction of sp³-hybridized carbons (Fsp3) is 0.381. The van der Waals surface area contributed by atoms with E-state index in [9.17, 15) is 4.79 Å². The second-order valence-electron chi connectivity index (χ2n) is 6.63. The van der Waals surface area contributed by atoms with E-state index in [0.717, 1.165) is 43.2 Å². The van der Waals surface area contributed by atoms with Crippen molar-refractivity contribution < 1.29 is 9.53 Å². The Morgan fingerprint density at radius 1 is 1.04 bits per heavy atom. The third kappa shape index (κ3) is 4.55. The summed E-state index contributed by atoms with van der Waals surface area (Å²) in [5.41, 5.74) is 2.25. The molecule has 1 atom stereocenters. The van der Waals surface area contributed by atoms with E-state index in [1.807, 2.05) is 55.5 Å². The van der Waals surface area contributed by atoms with Gasteiger partial charge in [-0.15, -0.1) is 0 Å². The summed E-state index contributed by atoms with van der Waals surface area (Å²) in [7, 11) is 1.70. The van der Waals surface area contributed by atoms with Crippen molar-refractivity contribution in [1.29, 1.82) is 0 Å². The lowest BCUT2D eigenvalue weighted by Gasteiger charge is -2.36. The summed E-state index contributed by atoms with van der Waals surface area (Å²) in [6.07, 6.45) is 0. The molecule has 1 aliphatic heterocycles. The van der Waals surface area contributed by atoms with E-state index >= 15 is 0 Å². The number of anilines is 1. The monoisotopic (exact) mass is 353 g/mol. The molecule has 0 saturated carbocycles. The zero-order valence-electron chi connectivity index (χ0n) is 15.5. The Kier molecular flexibility index (Phi) is 6.12. The highest BCUT2D eigenvalue weighted by molar-refractivity contribution is 5.78. The minimum Gasteiger partial charge on any atom is -0.495 e. The average Bonchev–Trinajstić information content (AvgIpc) is 2.69. The molecule has 3 rings (SSSR count). The van der Waals surface area contributed by atoms with Crippen LogP contribution in [0.5, 0.6) is 5.75 Å². The zero-order valence-corrected chi connectivity index (χ0v) is 15.5. The Labute approximate surface area is 155 Å². The Hall–Kier alpha value is -2.53. The van der Waals surface area contributed by atoms with Crippen molar-refractivity contribution in [2.24, 2.45) is 0 Å². The Morgan fingerprint density at radius 3 is 2.38 bits per heavy atom. The first-order chi connectivity index (χ1) is 12.7. The zero-order chi connectivity index (χ0) is 18.4. The van der Waals surface area contributed by atoms with Gasteiger partial charge in [0.1, 0.15) is 5.75 Å². The predicted octanol–water partition coefficient (Wildman–Crippen LogP) is 2.69. The normalized spacial score (nSPS) is 16.2. The second kappa shape index (κ2) is 8.72. The molecule has 0 aliphatic carbocycles. The van der Waals surface area contributed by atoms with Crippen LogP contribution in [0, 0.1) is 0 Å². The molecular formula is C21H27N3O2. The van der Waals surface area contributed by atoms with Gasteiger partial charge in [0.15, 0.2) is 0 Å². The standard InChI is InChI=1S/C21H27N3O2/c1-17(18-8-4-3-5-9-18)22-21(25)16-23-12-14-24(15-13-23)19-10-6-7-11-20(19)26-2/h3-11,17H,12-16H2,1-2H3,(H,22,25). The molecule has 1 N–H and O–H groups in total. The fourth-order valence-corrected chi connectivity index (χ4v) is 3.35. The molecule has 1 fully saturated rings. The maximum atomic E-state index is 12.4. The molecule has 26 heavy (non-hydrogen) atoms. The summed E-state index contributed by atoms with van der Waals surface area (Å²) in [6, 6.07) is 18.2. The van der Waals surface area contributed by atoms with Gasteiger partial charge in [-0.3, -0.25) is 9.69 Å². The number of rotatable bonds is 6. The average molecular weight is 353 g/mol. The van der Waals surface area contributed by atoms with Crippen molar-refractivity contribution in [3.05, 3.63) is 60.2 Å². The number of methoxy groups -OCH3 is 1. The van der Waals surface area contributed by atoms with Crippen molar-refractivity contribution >= 4 is 11.6 Å². The smallest absolute Gasteiger partial charge is 0.234 e. The van der Waals surface area contributed by atoms with E-state index < -0.39 is 0 Å². The van der Waals surface area contributed by atoms with Crippen LogP contribution < -0.4 is 15.0 Å². The highest BCUT2D eigenvalue weighted by atomic mass is 16.5. The molecule has 2 aromatic carbocycles. The van der Waals surface area contributed by atoms with Gasteiger partial charge in [0, 0.05) is 26.2 Å². The molecule has 0 radical (unpaired) electrons. The van der Waals surface area contributed by atoms with E-state index in [1.54, 1.807) is 7.11 Å². The Morgan fingerprint density at radius 2 is 1.69 bits per heavy atom. The predicted molar refractivity (Wildman–Crippen MR) is 105 cm³/mol. The lowest BCUT2D eigenvalue weighted by Crippen LogP contribution is -2.49. The van der Waals surface area contributed by atoms with Crippen LogP contribution in [0.15, 0.2) is 54.6 Å². The summed E-state index contributed by atoms with van der Waals surface area (Å²) in [4.78, 5) is 16.9. The highest BCUT2D eigenvalue weighted by Gasteiger charge is 2.21. The van der Waals surface area contributed by atoms with Crippen molar-refractivity contribution in [2.45, 2.75) is 13.0 Å². The number of carbonyl (C=O) groups is 1. The summed E-state index contributed by atoms with van der Waals surface area (Å²) in [5, 5.41) is 3.09. The lowest BCUT2D eigenvalue weighted by atomic mass is 10.1. The third-order valence-electron chi connectivity index (χ3n) is 4.84. The third-order valence-corrected chi connectivity index (χ3v) is 4.84. The molecule has 1 unspecified atom stereocenters. The molecule has 138 valence electrons. The first-order valence-electron chi connectivity index (χ1n) is 9.12. The van der Waals surface area contributed by atoms with Crippen LogP contribution >= 0.6 is 0 Å². The van der Waals surface area contributed by atoms with Crippen LogP contribution in [-0.2, 0) is 4.79 Å². The van der Waals surface area contributed by atoms with Gasteiger partial charge < -0.3 is 15.0 Å². The molecule has 0 aromatic heterocycles. The molecule has 2 aromatic rings. The van der Waals surface area contributed by atoms with Gasteiger partial charge in [-0.05, 0) is 24.6 Å². The van der Waals surface area contributed by atoms with Gasteiger partial charge in [0.2, 0.25) is 5.91 Å². The maximum absolute atomic E-state index is 12.4. The number of hydrogen-bond donors (Lipinski definition) is 1. The number of piperazine rings is 1. The van der Waals surface area contributed by atoms with Crippen LogP contribution in [-0.4, -0.2) is 50.6 Å². The van der Waals surface area contributed by atoms with Crippen molar-refractivity contribution in [1.82, 2.24) is 10.2 Å². The van der Waals surface area contributed by atoms with Crippen molar-refractivity contribution in [3.8, 4) is 5.75 Å². The van der Waals surface area contributed by atoms with E-state index in [2.05, 4.69) is 21.2 Å². The molecule has 5 nitrogen and oxygen atoms in total. The Balaban J connectivity index is 1.48. The minimum absolute atomic E-state index is 0.0265. The van der Waals surface area contributed by atoms with Crippen LogP contribution in [0.2, 0.25) is 0 Å². The number of para-hydroxylation sites is 2. The summed E-state index contributed by atoms with van der Waals surface area (Å²) in [5.74, 6) is 0.975. The largest absolute Gasteiger partial charge is 0.495 e. The molecular weight excluding hydrogens is 326 g/mol. The van der Waals surface area contributed by atoms with Crippen LogP contribution in [0.25, 0.3) is 0 Å². The minimum atomic E-state index is 0.0265. The second-order valence-corrected chi connectivity index (χ2v) is 6.63. The van der Waals surface area contributed by atoms with E-state index in [0.29, 0.717) is 6.54 Å². The van der Waals surface area contributed by atoms with Gasteiger partial charge in [-0.2, -0.15) is 0 Å². The number of nitrogens with one attached hydrogen (secondary N) is 1. The molecule has 1 amide bonds. The molecule has 1 aliphatic rings. The van der Waals surface area contributed by atoms with Gasteiger partial charge in [-0.1, -0.05) is 42.5 Å². The first kappa shape index (κ1) is 18.3. The van der Waals surface area contributed by atoms with E-state index in [-0.39, 0.29) is 11.9 Å². The van der Waals surface area contributed by atoms with Crippen LogP contribution in [0.1, 0.15) is 18.5 Å². The summed E-state index contributed by atoms with van der Waals surface area (Å²) >= 11 is 0. The Bertz CT molecular complexity index is 712. The topological polar surface area (TPSA) is 44.8 Å². The van der Waals surface area contributed by atoms with Crippen molar-refractivity contribution in [3.63, 3.8) is 0 Å². The van der Waals surface area contributed by atoms with Gasteiger partial charge in [-0.25, -0.2) is 0 Å². The number of benzene rings is 2. The molecule has 1 heterocycles. The number of carbonyl (C=O) groups excluding carboxylic acids is 1. The first-order valence-corrected chi connectivity index (χ1v) is 9.12. The highest BCUT2D eigenvalue weighted by Crippen LogP contribution is 2.28. The van der Waals surface area contributed by atoms with Gasteiger partial charge in [0.05, 0.1) is 25.4 Å². The number of nitrogens with zero attached hydrogens (tertiary/aromatic N) is 2. The van der Waals surface area contributed by atoms with Crippen LogP contribution in [0.3, 0.4) is 0 Å². The van der Waals surface area contributed by atoms with E-state index in [4.69, 9.17) is 4.74 Å². The van der Waals surface area contributed by atoms with Gasteiger partial charge in [0.25, 0.3) is 0 Å². The molecule has 1 saturated heterocycles. The van der Waals surface area contributed by atoms with E-state index in [1.165, 1.54) is 0 Å². The SMILES string of the molecule is COc1ccccc1N1CCN(CC(=O)NC(C)c2ccccc2)CC1. The molecule has 0 bridgehead atoms. The maximum Gasteiger partial charge on any atom is 0.234 e. The lowest BCUT2D eigenvalue weighted by molar-refractivity contribution is -0.123. The number of amides is 1. The number of hydrogen-bond acceptors (Lipinski definition) is 4. The van der Waals surface area contributed by atoms with Gasteiger partial charge >= 0.3 is 0 Å². The van der Waals surface area contributed by atoms with Crippen molar-refractivity contribution in [2.75, 3.05) is 44.7 Å². The quantitative estimate of drug-likeness (QED) is 0.867. The molecule has 5 heteroatoms. The molecule has 0 spiro atoms. The summed E-state index contributed by atoms with van der Waals surface area (Å²) in [6.45, 7) is 5.98. The van der Waals surface area contributed by atoms with Crippen LogP contribution in [0.4, 0.5) is 5.69 Å². The summed E-state index contributed by atoms with van der Waals surface area (Å²) < 4.78 is 5.46. The fourth-order valence-electron chi connectivity index (χ4n) is 3.35.